The molecule has 1 spiro atoms. The molecule has 0 atom stereocenters. The lowest BCUT2D eigenvalue weighted by Crippen LogP contribution is -2.55. The molecule has 0 bridgehead atoms. The second-order valence-corrected chi connectivity index (χ2v) is 10.3. The van der Waals surface area contributed by atoms with Crippen molar-refractivity contribution in [2.24, 2.45) is 0 Å². The van der Waals surface area contributed by atoms with Gasteiger partial charge in [0, 0.05) is 32.5 Å². The van der Waals surface area contributed by atoms with Crippen molar-refractivity contribution in [1.82, 2.24) is 9.21 Å². The number of likely N-dealkylation sites (tertiary alicyclic amines) is 1. The van der Waals surface area contributed by atoms with Gasteiger partial charge in [0.05, 0.1) is 24.5 Å². The van der Waals surface area contributed by atoms with E-state index in [4.69, 9.17) is 9.47 Å². The lowest BCUT2D eigenvalue weighted by atomic mass is 10.00. The summed E-state index contributed by atoms with van der Waals surface area (Å²) in [5.41, 5.74) is 0.202. The molecule has 0 unspecified atom stereocenters. The van der Waals surface area contributed by atoms with Gasteiger partial charge >= 0.3 is 0 Å². The molecule has 2 fully saturated rings. The minimum atomic E-state index is -3.85. The third-order valence-corrected chi connectivity index (χ3v) is 8.27. The fourth-order valence-corrected chi connectivity index (χ4v) is 6.30. The largest absolute Gasteiger partial charge is 0.494 e. The van der Waals surface area contributed by atoms with Gasteiger partial charge in [-0.05, 0) is 55.3 Å². The van der Waals surface area contributed by atoms with E-state index in [9.17, 15) is 17.6 Å². The van der Waals surface area contributed by atoms with Crippen molar-refractivity contribution >= 4 is 15.9 Å². The van der Waals surface area contributed by atoms with Crippen LogP contribution in [0, 0.1) is 12.7 Å². The lowest BCUT2D eigenvalue weighted by molar-refractivity contribution is -0.139. The Morgan fingerprint density at radius 3 is 2.45 bits per heavy atom. The Morgan fingerprint density at radius 1 is 1.12 bits per heavy atom. The van der Waals surface area contributed by atoms with E-state index in [0.29, 0.717) is 39.1 Å². The molecular weight excluding hydrogens is 447 g/mol. The highest BCUT2D eigenvalue weighted by molar-refractivity contribution is 7.89. The Bertz CT molecular complexity index is 1110. The number of carbonyl (C=O) groups excluding carboxylic acids is 1. The van der Waals surface area contributed by atoms with E-state index in [1.54, 1.807) is 11.8 Å². The first kappa shape index (κ1) is 23.7. The summed E-state index contributed by atoms with van der Waals surface area (Å²) in [6.45, 7) is 5.39. The van der Waals surface area contributed by atoms with E-state index in [0.717, 1.165) is 11.3 Å². The predicted molar refractivity (Wildman–Crippen MR) is 121 cm³/mol. The van der Waals surface area contributed by atoms with Gasteiger partial charge in [-0.1, -0.05) is 12.1 Å². The normalized spacial score (nSPS) is 18.6. The average molecular weight is 477 g/mol. The van der Waals surface area contributed by atoms with Gasteiger partial charge in [0.2, 0.25) is 15.9 Å². The summed E-state index contributed by atoms with van der Waals surface area (Å²) in [5.74, 6) is 0.320. The highest BCUT2D eigenvalue weighted by Gasteiger charge is 2.51. The SMILES string of the molecule is CCOc1ccc(CC(=O)N2CCC3(CC2)OCCN3S(=O)(=O)c2ccc(F)c(C)c2)cc1. The highest BCUT2D eigenvalue weighted by Crippen LogP contribution is 2.38. The molecule has 178 valence electrons. The molecule has 0 saturated carbocycles. The van der Waals surface area contributed by atoms with Crippen molar-refractivity contribution in [3.63, 3.8) is 0 Å². The smallest absolute Gasteiger partial charge is 0.245 e. The molecule has 9 heteroatoms. The summed E-state index contributed by atoms with van der Waals surface area (Å²) in [5, 5.41) is 0. The molecule has 0 radical (unpaired) electrons. The molecular formula is C24H29FN2O5S. The molecule has 2 aromatic rings. The number of rotatable bonds is 6. The van der Waals surface area contributed by atoms with Crippen molar-refractivity contribution in [3.05, 3.63) is 59.4 Å². The van der Waals surface area contributed by atoms with Crippen LogP contribution in [0.15, 0.2) is 47.4 Å². The Hall–Kier alpha value is -2.49. The number of nitrogens with zero attached hydrogens (tertiary/aromatic N) is 2. The van der Waals surface area contributed by atoms with Gasteiger partial charge in [0.15, 0.2) is 0 Å². The summed E-state index contributed by atoms with van der Waals surface area (Å²) >= 11 is 0. The topological polar surface area (TPSA) is 76.2 Å². The summed E-state index contributed by atoms with van der Waals surface area (Å²) in [6.07, 6.45) is 1.06. The summed E-state index contributed by atoms with van der Waals surface area (Å²) in [7, 11) is -3.85. The van der Waals surface area contributed by atoms with Crippen molar-refractivity contribution in [3.8, 4) is 5.75 Å². The van der Waals surface area contributed by atoms with E-state index >= 15 is 0 Å². The first-order valence-electron chi connectivity index (χ1n) is 11.2. The molecule has 2 heterocycles. The maximum Gasteiger partial charge on any atom is 0.245 e. The fraction of sp³-hybridized carbons (Fsp3) is 0.458. The van der Waals surface area contributed by atoms with E-state index in [-0.39, 0.29) is 29.3 Å². The zero-order valence-corrected chi connectivity index (χ0v) is 19.7. The maximum absolute atomic E-state index is 13.7. The number of amides is 1. The molecule has 2 aliphatic heterocycles. The number of halogens is 1. The van der Waals surface area contributed by atoms with Crippen molar-refractivity contribution in [2.75, 3.05) is 32.8 Å². The monoisotopic (exact) mass is 476 g/mol. The van der Waals surface area contributed by atoms with Crippen LogP contribution in [0.3, 0.4) is 0 Å². The number of carbonyl (C=O) groups is 1. The molecule has 0 aromatic heterocycles. The fourth-order valence-electron chi connectivity index (χ4n) is 4.49. The average Bonchev–Trinajstić information content (AvgIpc) is 3.21. The van der Waals surface area contributed by atoms with Gasteiger partial charge in [0.1, 0.15) is 17.3 Å². The highest BCUT2D eigenvalue weighted by atomic mass is 32.2. The minimum Gasteiger partial charge on any atom is -0.494 e. The van der Waals surface area contributed by atoms with E-state index in [2.05, 4.69) is 0 Å². The second-order valence-electron chi connectivity index (χ2n) is 8.42. The molecule has 33 heavy (non-hydrogen) atoms. The van der Waals surface area contributed by atoms with E-state index < -0.39 is 21.6 Å². The van der Waals surface area contributed by atoms with Crippen molar-refractivity contribution in [1.29, 1.82) is 0 Å². The minimum absolute atomic E-state index is 0.00410. The number of sulfonamides is 1. The van der Waals surface area contributed by atoms with E-state index in [1.165, 1.54) is 22.5 Å². The number of benzene rings is 2. The van der Waals surface area contributed by atoms with Gasteiger partial charge in [-0.25, -0.2) is 12.8 Å². The third-order valence-electron chi connectivity index (χ3n) is 6.32. The summed E-state index contributed by atoms with van der Waals surface area (Å²) < 4.78 is 53.1. The van der Waals surface area contributed by atoms with Gasteiger partial charge < -0.3 is 14.4 Å². The number of hydrogen-bond donors (Lipinski definition) is 0. The van der Waals surface area contributed by atoms with Gasteiger partial charge in [-0.15, -0.1) is 0 Å². The molecule has 1 amide bonds. The number of ether oxygens (including phenoxy) is 2. The molecule has 4 rings (SSSR count). The van der Waals surface area contributed by atoms with Crippen molar-refractivity contribution in [2.45, 2.75) is 43.7 Å². The number of piperidine rings is 1. The van der Waals surface area contributed by atoms with E-state index in [1.807, 2.05) is 31.2 Å². The van der Waals surface area contributed by atoms with Crippen LogP contribution in [0.25, 0.3) is 0 Å². The third kappa shape index (κ3) is 4.76. The second kappa shape index (κ2) is 9.40. The van der Waals surface area contributed by atoms with Crippen LogP contribution in [0.5, 0.6) is 5.75 Å². The van der Waals surface area contributed by atoms with Crippen LogP contribution in [0.1, 0.15) is 30.9 Å². The summed E-state index contributed by atoms with van der Waals surface area (Å²) in [4.78, 5) is 14.7. The van der Waals surface area contributed by atoms with Crippen LogP contribution in [0.4, 0.5) is 4.39 Å². The number of aryl methyl sites for hydroxylation is 1. The molecule has 2 aromatic carbocycles. The predicted octanol–water partition coefficient (Wildman–Crippen LogP) is 3.12. The molecule has 7 nitrogen and oxygen atoms in total. The Kier molecular flexibility index (Phi) is 6.74. The zero-order chi connectivity index (χ0) is 23.6. The first-order valence-corrected chi connectivity index (χ1v) is 12.6. The van der Waals surface area contributed by atoms with Crippen LogP contribution >= 0.6 is 0 Å². The van der Waals surface area contributed by atoms with Gasteiger partial charge in [0.25, 0.3) is 0 Å². The first-order chi connectivity index (χ1) is 15.7. The van der Waals surface area contributed by atoms with Gasteiger partial charge in [-0.3, -0.25) is 4.79 Å². The number of hydrogen-bond acceptors (Lipinski definition) is 5. The lowest BCUT2D eigenvalue weighted by Gasteiger charge is -2.42. The Labute approximate surface area is 194 Å². The van der Waals surface area contributed by atoms with Crippen LogP contribution in [-0.4, -0.2) is 62.1 Å². The Balaban J connectivity index is 1.43. The molecule has 2 aliphatic rings. The maximum atomic E-state index is 13.7. The standard InChI is InChI=1S/C24H29FN2O5S/c1-3-31-20-6-4-19(5-7-20)17-23(28)26-12-10-24(11-13-26)27(14-15-32-24)33(29,30)21-8-9-22(25)18(2)16-21/h4-9,16H,3,10-15,17H2,1-2H3. The van der Waals surface area contributed by atoms with Crippen molar-refractivity contribution < 1.29 is 27.1 Å². The quantitative estimate of drug-likeness (QED) is 0.640. The van der Waals surface area contributed by atoms with Crippen LogP contribution in [0.2, 0.25) is 0 Å². The van der Waals surface area contributed by atoms with Crippen LogP contribution in [-0.2, 0) is 26.0 Å². The molecule has 0 aliphatic carbocycles. The Morgan fingerprint density at radius 2 is 1.82 bits per heavy atom. The van der Waals surface area contributed by atoms with Gasteiger partial charge in [-0.2, -0.15) is 4.31 Å². The summed E-state index contributed by atoms with van der Waals surface area (Å²) in [6, 6.07) is 11.3. The molecule has 0 N–H and O–H groups in total. The molecule has 2 saturated heterocycles. The zero-order valence-electron chi connectivity index (χ0n) is 18.9. The van der Waals surface area contributed by atoms with Crippen LogP contribution < -0.4 is 4.74 Å².